The lowest BCUT2D eigenvalue weighted by Crippen LogP contribution is -2.28. The normalized spacial score (nSPS) is 16.9. The highest BCUT2D eigenvalue weighted by molar-refractivity contribution is 8.18. The van der Waals surface area contributed by atoms with E-state index in [-0.39, 0.29) is 5.91 Å². The Labute approximate surface area is 174 Å². The SMILES string of the molecule is CCOc1ccc(/C=C2/SC(=Nc3ccccc3Cl)N(CC)C2=O)cc1OC. The standard InChI is InChI=1S/C21H21ClN2O3S/c1-4-24-20(25)19(28-21(24)23-16-9-7-6-8-15(16)22)13-14-10-11-17(27-5-2)18(12-14)26-3/h6-13H,4-5H2,1-3H3/b19-13+,23-21?. The first-order chi connectivity index (χ1) is 13.6. The van der Waals surface area contributed by atoms with Gasteiger partial charge >= 0.3 is 0 Å². The molecule has 3 rings (SSSR count). The van der Waals surface area contributed by atoms with Gasteiger partial charge in [0.2, 0.25) is 0 Å². The summed E-state index contributed by atoms with van der Waals surface area (Å²) < 4.78 is 10.9. The van der Waals surface area contributed by atoms with E-state index in [1.807, 2.05) is 56.3 Å². The van der Waals surface area contributed by atoms with Gasteiger partial charge in [-0.05, 0) is 61.5 Å². The van der Waals surface area contributed by atoms with Crippen LogP contribution in [0.25, 0.3) is 6.08 Å². The van der Waals surface area contributed by atoms with Crippen molar-refractivity contribution in [3.63, 3.8) is 0 Å². The van der Waals surface area contributed by atoms with Crippen LogP contribution in [0.2, 0.25) is 5.02 Å². The van der Waals surface area contributed by atoms with E-state index in [1.54, 1.807) is 18.1 Å². The molecule has 0 radical (unpaired) electrons. The summed E-state index contributed by atoms with van der Waals surface area (Å²) in [6.45, 7) is 4.92. The predicted octanol–water partition coefficient (Wildman–Crippen LogP) is 5.37. The summed E-state index contributed by atoms with van der Waals surface area (Å²) >= 11 is 7.54. The van der Waals surface area contributed by atoms with Crippen LogP contribution in [0.3, 0.4) is 0 Å². The Morgan fingerprint density at radius 3 is 2.64 bits per heavy atom. The second kappa shape index (κ2) is 9.17. The molecule has 2 aromatic carbocycles. The highest BCUT2D eigenvalue weighted by Crippen LogP contribution is 2.36. The van der Waals surface area contributed by atoms with Crippen LogP contribution in [0, 0.1) is 0 Å². The fourth-order valence-corrected chi connectivity index (χ4v) is 3.95. The van der Waals surface area contributed by atoms with Crippen LogP contribution < -0.4 is 9.47 Å². The number of thioether (sulfide) groups is 1. The maximum absolute atomic E-state index is 12.8. The minimum absolute atomic E-state index is 0.0776. The summed E-state index contributed by atoms with van der Waals surface area (Å²) in [6, 6.07) is 12.9. The summed E-state index contributed by atoms with van der Waals surface area (Å²) in [5.41, 5.74) is 1.49. The Bertz CT molecular complexity index is 943. The minimum Gasteiger partial charge on any atom is -0.493 e. The predicted molar refractivity (Wildman–Crippen MR) is 116 cm³/mol. The van der Waals surface area contributed by atoms with Gasteiger partial charge in [-0.15, -0.1) is 0 Å². The molecule has 5 nitrogen and oxygen atoms in total. The molecule has 1 amide bonds. The average Bonchev–Trinajstić information content (AvgIpc) is 2.99. The number of halogens is 1. The van der Waals surface area contributed by atoms with Gasteiger partial charge in [-0.2, -0.15) is 0 Å². The smallest absolute Gasteiger partial charge is 0.266 e. The second-order valence-electron chi connectivity index (χ2n) is 5.85. The van der Waals surface area contributed by atoms with Crippen LogP contribution in [-0.2, 0) is 4.79 Å². The Balaban J connectivity index is 1.93. The van der Waals surface area contributed by atoms with Gasteiger partial charge in [0.25, 0.3) is 5.91 Å². The van der Waals surface area contributed by atoms with E-state index in [0.717, 1.165) is 5.56 Å². The van der Waals surface area contributed by atoms with Gasteiger partial charge in [0, 0.05) is 6.54 Å². The Kier molecular flexibility index (Phi) is 6.65. The highest BCUT2D eigenvalue weighted by atomic mass is 35.5. The van der Waals surface area contributed by atoms with Gasteiger partial charge in [-0.1, -0.05) is 29.8 Å². The molecule has 1 heterocycles. The van der Waals surface area contributed by atoms with Gasteiger partial charge < -0.3 is 9.47 Å². The van der Waals surface area contributed by atoms with Crippen LogP contribution in [-0.4, -0.2) is 36.2 Å². The number of likely N-dealkylation sites (N-methyl/N-ethyl adjacent to an activating group) is 1. The molecule has 0 unspecified atom stereocenters. The fourth-order valence-electron chi connectivity index (χ4n) is 2.72. The number of para-hydroxylation sites is 1. The number of aliphatic imine (C=N–C) groups is 1. The van der Waals surface area contributed by atoms with E-state index in [1.165, 1.54) is 11.8 Å². The third kappa shape index (κ3) is 4.34. The van der Waals surface area contributed by atoms with Crippen molar-refractivity contribution in [2.24, 2.45) is 4.99 Å². The van der Waals surface area contributed by atoms with Gasteiger partial charge in [-0.25, -0.2) is 4.99 Å². The van der Waals surface area contributed by atoms with E-state index in [9.17, 15) is 4.79 Å². The van der Waals surface area contributed by atoms with Crippen molar-refractivity contribution >= 4 is 46.2 Å². The first-order valence-electron chi connectivity index (χ1n) is 8.92. The number of carbonyl (C=O) groups is 1. The zero-order valence-corrected chi connectivity index (χ0v) is 17.5. The molecule has 1 aliphatic rings. The number of amides is 1. The number of hydrogen-bond acceptors (Lipinski definition) is 5. The second-order valence-corrected chi connectivity index (χ2v) is 7.27. The van der Waals surface area contributed by atoms with Crippen LogP contribution in [0.1, 0.15) is 19.4 Å². The zero-order chi connectivity index (χ0) is 20.1. The quantitative estimate of drug-likeness (QED) is 0.594. The number of carbonyl (C=O) groups excluding carboxylic acids is 1. The lowest BCUT2D eigenvalue weighted by molar-refractivity contribution is -0.122. The summed E-state index contributed by atoms with van der Waals surface area (Å²) in [7, 11) is 1.59. The molecule has 0 N–H and O–H groups in total. The average molecular weight is 417 g/mol. The largest absolute Gasteiger partial charge is 0.493 e. The zero-order valence-electron chi connectivity index (χ0n) is 15.9. The minimum atomic E-state index is -0.0776. The van der Waals surface area contributed by atoms with E-state index in [0.29, 0.717) is 45.4 Å². The van der Waals surface area contributed by atoms with E-state index in [2.05, 4.69) is 4.99 Å². The molecule has 146 valence electrons. The number of hydrogen-bond donors (Lipinski definition) is 0. The maximum Gasteiger partial charge on any atom is 0.266 e. The molecule has 1 aliphatic heterocycles. The van der Waals surface area contributed by atoms with Crippen molar-refractivity contribution < 1.29 is 14.3 Å². The molecular formula is C21H21ClN2O3S. The third-order valence-corrected chi connectivity index (χ3v) is 5.38. The van der Waals surface area contributed by atoms with Gasteiger partial charge in [0.15, 0.2) is 16.7 Å². The summed E-state index contributed by atoms with van der Waals surface area (Å²) in [5, 5.41) is 1.16. The van der Waals surface area contributed by atoms with Crippen LogP contribution in [0.4, 0.5) is 5.69 Å². The Morgan fingerprint density at radius 1 is 1.18 bits per heavy atom. The molecule has 0 aromatic heterocycles. The summed E-state index contributed by atoms with van der Waals surface area (Å²) in [6.07, 6.45) is 1.84. The number of ether oxygens (including phenoxy) is 2. The highest BCUT2D eigenvalue weighted by Gasteiger charge is 2.32. The Morgan fingerprint density at radius 2 is 1.96 bits per heavy atom. The molecule has 7 heteroatoms. The maximum atomic E-state index is 12.8. The molecule has 28 heavy (non-hydrogen) atoms. The lowest BCUT2D eigenvalue weighted by Gasteiger charge is -2.12. The number of benzene rings is 2. The molecule has 0 spiro atoms. The van der Waals surface area contributed by atoms with Crippen molar-refractivity contribution in [1.29, 1.82) is 0 Å². The molecule has 0 saturated carbocycles. The molecular weight excluding hydrogens is 396 g/mol. The van der Waals surface area contributed by atoms with Crippen LogP contribution >= 0.6 is 23.4 Å². The van der Waals surface area contributed by atoms with Crippen molar-refractivity contribution in [1.82, 2.24) is 4.90 Å². The molecule has 1 fully saturated rings. The number of amidine groups is 1. The van der Waals surface area contributed by atoms with Crippen molar-refractivity contribution in [2.75, 3.05) is 20.3 Å². The van der Waals surface area contributed by atoms with Gasteiger partial charge in [0.05, 0.1) is 29.3 Å². The van der Waals surface area contributed by atoms with Crippen molar-refractivity contribution in [3.05, 3.63) is 58.0 Å². The summed E-state index contributed by atoms with van der Waals surface area (Å²) in [4.78, 5) is 19.6. The lowest BCUT2D eigenvalue weighted by atomic mass is 10.2. The van der Waals surface area contributed by atoms with Gasteiger partial charge in [0.1, 0.15) is 0 Å². The molecule has 2 aromatic rings. The number of nitrogens with zero attached hydrogens (tertiary/aromatic N) is 2. The van der Waals surface area contributed by atoms with Crippen LogP contribution in [0.15, 0.2) is 52.4 Å². The fraction of sp³-hybridized carbons (Fsp3) is 0.238. The molecule has 0 aliphatic carbocycles. The van der Waals surface area contributed by atoms with E-state index in [4.69, 9.17) is 21.1 Å². The van der Waals surface area contributed by atoms with Crippen molar-refractivity contribution in [2.45, 2.75) is 13.8 Å². The monoisotopic (exact) mass is 416 g/mol. The summed E-state index contributed by atoms with van der Waals surface area (Å²) in [5.74, 6) is 1.23. The first-order valence-corrected chi connectivity index (χ1v) is 10.1. The van der Waals surface area contributed by atoms with Crippen molar-refractivity contribution in [3.8, 4) is 11.5 Å². The molecule has 0 atom stereocenters. The van der Waals surface area contributed by atoms with E-state index >= 15 is 0 Å². The Hall–Kier alpha value is -2.44. The van der Waals surface area contributed by atoms with E-state index < -0.39 is 0 Å². The van der Waals surface area contributed by atoms with Gasteiger partial charge in [-0.3, -0.25) is 9.69 Å². The van der Waals surface area contributed by atoms with Crippen LogP contribution in [0.5, 0.6) is 11.5 Å². The number of rotatable bonds is 6. The molecule has 1 saturated heterocycles. The third-order valence-electron chi connectivity index (χ3n) is 4.06. The first kappa shape index (κ1) is 20.3. The topological polar surface area (TPSA) is 51.1 Å². The number of methoxy groups -OCH3 is 1. The molecule has 0 bridgehead atoms.